The summed E-state index contributed by atoms with van der Waals surface area (Å²) in [5.41, 5.74) is 0.885. The summed E-state index contributed by atoms with van der Waals surface area (Å²) in [6.07, 6.45) is -4.65. The van der Waals surface area contributed by atoms with Gasteiger partial charge in [-0.25, -0.2) is 4.79 Å². The molecule has 1 N–H and O–H groups in total. The van der Waals surface area contributed by atoms with Crippen LogP contribution < -0.4 is 5.32 Å². The van der Waals surface area contributed by atoms with Gasteiger partial charge in [-0.3, -0.25) is 19.2 Å². The quantitative estimate of drug-likeness (QED) is 0.127. The van der Waals surface area contributed by atoms with Gasteiger partial charge in [0.2, 0.25) is 5.91 Å². The molecule has 0 saturated carbocycles. The minimum absolute atomic E-state index is 0.000262. The predicted octanol–water partition coefficient (Wildman–Crippen LogP) is 0.452. The number of nitrogens with one attached hydrogen (secondary N) is 1. The Bertz CT molecular complexity index is 1050. The summed E-state index contributed by atoms with van der Waals surface area (Å²) < 4.78 is 48.8. The zero-order valence-electron chi connectivity index (χ0n) is 25.4. The van der Waals surface area contributed by atoms with E-state index < -0.39 is 60.4 Å². The Morgan fingerprint density at radius 1 is 0.727 bits per heavy atom. The van der Waals surface area contributed by atoms with E-state index in [4.69, 9.17) is 42.6 Å². The van der Waals surface area contributed by atoms with E-state index in [1.54, 1.807) is 0 Å². The van der Waals surface area contributed by atoms with Crippen LogP contribution in [-0.4, -0.2) is 113 Å². The second kappa shape index (κ2) is 20.3. The van der Waals surface area contributed by atoms with E-state index in [9.17, 15) is 24.0 Å². The molecule has 1 aliphatic rings. The molecule has 15 heteroatoms. The lowest BCUT2D eigenvalue weighted by Crippen LogP contribution is -2.66. The highest BCUT2D eigenvalue weighted by atomic mass is 16.7. The number of rotatable bonds is 19. The van der Waals surface area contributed by atoms with Crippen molar-refractivity contribution >= 4 is 29.8 Å². The van der Waals surface area contributed by atoms with E-state index in [0.717, 1.165) is 19.4 Å². The first kappa shape index (κ1) is 36.6. The van der Waals surface area contributed by atoms with Gasteiger partial charge in [0, 0.05) is 27.7 Å². The normalized spacial score (nSPS) is 21.1. The molecule has 1 aromatic carbocycles. The van der Waals surface area contributed by atoms with Gasteiger partial charge in [0.05, 0.1) is 39.6 Å². The molecule has 0 spiro atoms. The molecule has 1 saturated heterocycles. The largest absolute Gasteiger partial charge is 0.463 e. The van der Waals surface area contributed by atoms with Crippen LogP contribution in [0.15, 0.2) is 30.3 Å². The van der Waals surface area contributed by atoms with Crippen LogP contribution in [0.3, 0.4) is 0 Å². The highest BCUT2D eigenvalue weighted by Crippen LogP contribution is 2.28. The Hall–Kier alpha value is -3.63. The van der Waals surface area contributed by atoms with Gasteiger partial charge in [0.15, 0.2) is 18.5 Å². The van der Waals surface area contributed by atoms with Crippen LogP contribution in [0.25, 0.3) is 0 Å². The van der Waals surface area contributed by atoms with E-state index in [1.807, 2.05) is 30.3 Å². The topological polar surface area (TPSA) is 180 Å². The van der Waals surface area contributed by atoms with Crippen LogP contribution >= 0.6 is 0 Å². The zero-order valence-corrected chi connectivity index (χ0v) is 25.4. The Morgan fingerprint density at radius 2 is 1.32 bits per heavy atom. The predicted molar refractivity (Wildman–Crippen MR) is 149 cm³/mol. The number of esters is 4. The van der Waals surface area contributed by atoms with Crippen LogP contribution in [0.4, 0.5) is 0 Å². The van der Waals surface area contributed by atoms with E-state index in [-0.39, 0.29) is 59.5 Å². The summed E-state index contributed by atoms with van der Waals surface area (Å²) in [5.74, 6) is -2.96. The summed E-state index contributed by atoms with van der Waals surface area (Å²) in [6.45, 7) is 5.44. The zero-order chi connectivity index (χ0) is 32.3. The summed E-state index contributed by atoms with van der Waals surface area (Å²) >= 11 is 0. The highest BCUT2D eigenvalue weighted by molar-refractivity contribution is 5.73. The number of carbonyl (C=O) groups is 5. The van der Waals surface area contributed by atoms with Crippen molar-refractivity contribution in [1.82, 2.24) is 5.32 Å². The van der Waals surface area contributed by atoms with Gasteiger partial charge in [-0.2, -0.15) is 0 Å². The van der Waals surface area contributed by atoms with Crippen LogP contribution in [0, 0.1) is 0 Å². The minimum Gasteiger partial charge on any atom is -0.463 e. The van der Waals surface area contributed by atoms with Crippen LogP contribution in [-0.2, 0) is 73.2 Å². The van der Waals surface area contributed by atoms with E-state index in [2.05, 4.69) is 5.32 Å². The number of hydrogen-bond donors (Lipinski definition) is 1. The lowest BCUT2D eigenvalue weighted by atomic mass is 9.96. The molecule has 1 aliphatic heterocycles. The monoisotopic (exact) mass is 627 g/mol. The molecule has 0 aliphatic carbocycles. The maximum absolute atomic E-state index is 12.0. The van der Waals surface area contributed by atoms with Crippen molar-refractivity contribution in [3.8, 4) is 0 Å². The van der Waals surface area contributed by atoms with Crippen molar-refractivity contribution in [2.24, 2.45) is 0 Å². The van der Waals surface area contributed by atoms with Gasteiger partial charge in [-0.1, -0.05) is 30.3 Å². The molecular weight excluding hydrogens is 586 g/mol. The standard InChI is InChI=1S/C29H41NO14/c1-19(31)30-26-28(43-22(4)34)27(42-21(3)33)24(17-40-20(2)32)44-29(26)39-15-14-37-11-10-36-12-13-38-18-25(35)41-16-23-8-6-5-7-9-23/h5-9,24,26-29H,10-18H2,1-4H3,(H,30,31). The van der Waals surface area contributed by atoms with Gasteiger partial charge in [0.1, 0.15) is 32.0 Å². The molecule has 5 unspecified atom stereocenters. The Labute approximate surface area is 255 Å². The van der Waals surface area contributed by atoms with Gasteiger partial charge in [-0.15, -0.1) is 0 Å². The third-order valence-electron chi connectivity index (χ3n) is 5.79. The SMILES string of the molecule is CC(=O)NC1C(OCCOCCOCCOCC(=O)OCc2ccccc2)OC(COC(C)=O)C(OC(C)=O)C1OC(C)=O. The second-order valence-electron chi connectivity index (χ2n) is 9.51. The summed E-state index contributed by atoms with van der Waals surface area (Å²) in [5, 5.41) is 2.62. The Morgan fingerprint density at radius 3 is 1.91 bits per heavy atom. The molecule has 44 heavy (non-hydrogen) atoms. The molecule has 0 aromatic heterocycles. The maximum Gasteiger partial charge on any atom is 0.332 e. The Balaban J connectivity index is 1.74. The molecule has 1 aromatic rings. The van der Waals surface area contributed by atoms with E-state index in [1.165, 1.54) is 13.8 Å². The first-order chi connectivity index (χ1) is 21.1. The molecular formula is C29H41NO14. The highest BCUT2D eigenvalue weighted by Gasteiger charge is 2.51. The maximum atomic E-state index is 12.0. The summed E-state index contributed by atoms with van der Waals surface area (Å²) in [7, 11) is 0. The lowest BCUT2D eigenvalue weighted by molar-refractivity contribution is -0.279. The van der Waals surface area contributed by atoms with Gasteiger partial charge < -0.3 is 47.9 Å². The number of carbonyl (C=O) groups excluding carboxylic acids is 5. The lowest BCUT2D eigenvalue weighted by Gasteiger charge is -2.44. The third-order valence-corrected chi connectivity index (χ3v) is 5.79. The second-order valence-corrected chi connectivity index (χ2v) is 9.51. The van der Waals surface area contributed by atoms with Crippen molar-refractivity contribution in [1.29, 1.82) is 0 Å². The number of hydrogen-bond acceptors (Lipinski definition) is 14. The molecule has 0 radical (unpaired) electrons. The first-order valence-electron chi connectivity index (χ1n) is 14.0. The average molecular weight is 628 g/mol. The molecule has 15 nitrogen and oxygen atoms in total. The molecule has 246 valence electrons. The van der Waals surface area contributed by atoms with Gasteiger partial charge >= 0.3 is 23.9 Å². The summed E-state index contributed by atoms with van der Waals surface area (Å²) in [4.78, 5) is 58.8. The first-order valence-corrected chi connectivity index (χ1v) is 14.0. The Kier molecular flexibility index (Phi) is 16.9. The molecule has 2 rings (SSSR count). The third kappa shape index (κ3) is 14.7. The number of amides is 1. The average Bonchev–Trinajstić information content (AvgIpc) is 2.96. The molecule has 0 bridgehead atoms. The molecule has 5 atom stereocenters. The van der Waals surface area contributed by atoms with E-state index in [0.29, 0.717) is 0 Å². The van der Waals surface area contributed by atoms with Crippen molar-refractivity contribution in [2.75, 3.05) is 52.9 Å². The number of benzene rings is 1. The number of ether oxygens (including phenoxy) is 9. The van der Waals surface area contributed by atoms with Crippen LogP contribution in [0.5, 0.6) is 0 Å². The fraction of sp³-hybridized carbons (Fsp3) is 0.621. The van der Waals surface area contributed by atoms with Gasteiger partial charge in [0.25, 0.3) is 0 Å². The summed E-state index contributed by atoms with van der Waals surface area (Å²) in [6, 6.07) is 8.25. The molecule has 1 amide bonds. The van der Waals surface area contributed by atoms with Crippen molar-refractivity contribution in [2.45, 2.75) is 64.9 Å². The fourth-order valence-corrected chi connectivity index (χ4v) is 4.03. The fourth-order valence-electron chi connectivity index (χ4n) is 4.03. The molecule has 1 fully saturated rings. The smallest absolute Gasteiger partial charge is 0.332 e. The van der Waals surface area contributed by atoms with Crippen LogP contribution in [0.1, 0.15) is 33.3 Å². The van der Waals surface area contributed by atoms with Crippen LogP contribution in [0.2, 0.25) is 0 Å². The van der Waals surface area contributed by atoms with Crippen molar-refractivity contribution in [3.05, 3.63) is 35.9 Å². The van der Waals surface area contributed by atoms with Crippen molar-refractivity contribution < 1.29 is 66.6 Å². The minimum atomic E-state index is -1.21. The van der Waals surface area contributed by atoms with Crippen molar-refractivity contribution in [3.63, 3.8) is 0 Å². The molecule has 1 heterocycles. The van der Waals surface area contributed by atoms with E-state index >= 15 is 0 Å². The van der Waals surface area contributed by atoms with Gasteiger partial charge in [-0.05, 0) is 5.56 Å².